The predicted molar refractivity (Wildman–Crippen MR) is 115 cm³/mol. The van der Waals surface area contributed by atoms with Crippen molar-refractivity contribution in [2.24, 2.45) is 0 Å². The zero-order chi connectivity index (χ0) is 21.5. The van der Waals surface area contributed by atoms with Crippen molar-refractivity contribution in [3.8, 4) is 11.1 Å². The highest BCUT2D eigenvalue weighted by Gasteiger charge is 2.13. The van der Waals surface area contributed by atoms with Crippen LogP contribution < -0.4 is 5.32 Å². The number of aryl methyl sites for hydroxylation is 1. The van der Waals surface area contributed by atoms with E-state index in [-0.39, 0.29) is 17.8 Å². The molecule has 1 heterocycles. The lowest BCUT2D eigenvalue weighted by Gasteiger charge is -2.08. The first-order valence-corrected chi connectivity index (χ1v) is 10.2. The first-order valence-electron chi connectivity index (χ1n) is 10.2. The molecule has 1 aromatic heterocycles. The maximum Gasteiger partial charge on any atom is 0.352 e. The summed E-state index contributed by atoms with van der Waals surface area (Å²) in [6, 6.07) is 12.5. The Bertz CT molecular complexity index is 997. The number of halogens is 2. The van der Waals surface area contributed by atoms with Gasteiger partial charge in [-0.05, 0) is 48.4 Å². The molecule has 0 amide bonds. The number of hydrogen-bond acceptors (Lipinski definition) is 2. The van der Waals surface area contributed by atoms with Gasteiger partial charge in [-0.15, -0.1) is 0 Å². The number of carboxylic acid groups (broad SMARTS) is 1. The Kier molecular flexibility index (Phi) is 7.22. The second-order valence-electron chi connectivity index (χ2n) is 7.34. The van der Waals surface area contributed by atoms with E-state index < -0.39 is 17.6 Å². The summed E-state index contributed by atoms with van der Waals surface area (Å²) < 4.78 is 28.8. The monoisotopic (exact) mass is 412 g/mol. The van der Waals surface area contributed by atoms with Crippen LogP contribution in [0.1, 0.15) is 48.7 Å². The standard InChI is InChI=1S/C24H26F2N2O2/c1-2-3-4-5-12-28-16-19(14-23(28)24(29)30)17-6-9-21(10-7-17)27-15-18-13-20(25)8-11-22(18)26/h6-11,13-14,16,27H,2-5,12,15H2,1H3,(H,29,30). The van der Waals surface area contributed by atoms with Gasteiger partial charge in [-0.2, -0.15) is 0 Å². The number of hydrogen-bond donors (Lipinski definition) is 2. The lowest BCUT2D eigenvalue weighted by atomic mass is 10.1. The van der Waals surface area contributed by atoms with E-state index in [0.717, 1.165) is 54.6 Å². The number of anilines is 1. The normalized spacial score (nSPS) is 10.9. The van der Waals surface area contributed by atoms with Crippen LogP contribution in [0.3, 0.4) is 0 Å². The van der Waals surface area contributed by atoms with Gasteiger partial charge in [-0.1, -0.05) is 38.3 Å². The van der Waals surface area contributed by atoms with Gasteiger partial charge in [0.15, 0.2) is 0 Å². The fraction of sp³-hybridized carbons (Fsp3) is 0.292. The van der Waals surface area contributed by atoms with E-state index in [1.165, 1.54) is 6.07 Å². The van der Waals surface area contributed by atoms with Crippen LogP contribution >= 0.6 is 0 Å². The number of rotatable bonds is 10. The maximum absolute atomic E-state index is 13.7. The molecule has 0 radical (unpaired) electrons. The van der Waals surface area contributed by atoms with E-state index in [1.807, 2.05) is 30.5 Å². The lowest BCUT2D eigenvalue weighted by Crippen LogP contribution is -2.07. The molecule has 3 rings (SSSR count). The molecule has 2 N–H and O–H groups in total. The number of aromatic nitrogens is 1. The Morgan fingerprint density at radius 3 is 2.47 bits per heavy atom. The largest absolute Gasteiger partial charge is 0.477 e. The fourth-order valence-electron chi connectivity index (χ4n) is 3.40. The first-order chi connectivity index (χ1) is 14.5. The summed E-state index contributed by atoms with van der Waals surface area (Å²) in [5, 5.41) is 12.6. The molecule has 0 aliphatic carbocycles. The molecule has 0 aliphatic rings. The molecule has 2 aromatic carbocycles. The van der Waals surface area contributed by atoms with Crippen molar-refractivity contribution in [2.75, 3.05) is 5.32 Å². The van der Waals surface area contributed by atoms with Crippen molar-refractivity contribution < 1.29 is 18.7 Å². The third-order valence-electron chi connectivity index (χ3n) is 5.08. The van der Waals surface area contributed by atoms with Gasteiger partial charge in [0.05, 0.1) is 0 Å². The van der Waals surface area contributed by atoms with Gasteiger partial charge >= 0.3 is 5.97 Å². The first kappa shape index (κ1) is 21.6. The molecule has 0 saturated carbocycles. The molecule has 0 fully saturated rings. The van der Waals surface area contributed by atoms with Crippen molar-refractivity contribution in [3.63, 3.8) is 0 Å². The molecule has 0 saturated heterocycles. The van der Waals surface area contributed by atoms with Crippen LogP contribution in [0.25, 0.3) is 11.1 Å². The summed E-state index contributed by atoms with van der Waals surface area (Å²) in [5.74, 6) is -1.87. The summed E-state index contributed by atoms with van der Waals surface area (Å²) in [5.41, 5.74) is 3.04. The van der Waals surface area contributed by atoms with Crippen molar-refractivity contribution >= 4 is 11.7 Å². The van der Waals surface area contributed by atoms with Crippen LogP contribution in [-0.4, -0.2) is 15.6 Å². The average molecular weight is 412 g/mol. The number of carboxylic acids is 1. The van der Waals surface area contributed by atoms with E-state index in [4.69, 9.17) is 0 Å². The van der Waals surface area contributed by atoms with Crippen molar-refractivity contribution in [1.82, 2.24) is 4.57 Å². The summed E-state index contributed by atoms with van der Waals surface area (Å²) in [4.78, 5) is 11.6. The number of nitrogens with zero attached hydrogens (tertiary/aromatic N) is 1. The molecule has 4 nitrogen and oxygen atoms in total. The third kappa shape index (κ3) is 5.47. The zero-order valence-electron chi connectivity index (χ0n) is 17.0. The lowest BCUT2D eigenvalue weighted by molar-refractivity contribution is 0.0685. The van der Waals surface area contributed by atoms with Crippen LogP contribution in [0.2, 0.25) is 0 Å². The number of aromatic carboxylic acids is 1. The van der Waals surface area contributed by atoms with Gasteiger partial charge in [0.1, 0.15) is 17.3 Å². The summed E-state index contributed by atoms with van der Waals surface area (Å²) >= 11 is 0. The highest BCUT2D eigenvalue weighted by molar-refractivity contribution is 5.88. The zero-order valence-corrected chi connectivity index (χ0v) is 17.0. The van der Waals surface area contributed by atoms with E-state index in [1.54, 1.807) is 10.6 Å². The van der Waals surface area contributed by atoms with Gasteiger partial charge in [0, 0.05) is 36.1 Å². The van der Waals surface area contributed by atoms with Crippen molar-refractivity contribution in [2.45, 2.75) is 45.7 Å². The SMILES string of the molecule is CCCCCCn1cc(-c2ccc(NCc3cc(F)ccc3F)cc2)cc1C(=O)O. The van der Waals surface area contributed by atoms with Gasteiger partial charge in [-0.25, -0.2) is 13.6 Å². The maximum atomic E-state index is 13.7. The van der Waals surface area contributed by atoms with Gasteiger partial charge in [0.2, 0.25) is 0 Å². The average Bonchev–Trinajstić information content (AvgIpc) is 3.17. The second-order valence-corrected chi connectivity index (χ2v) is 7.34. The molecule has 3 aromatic rings. The Hall–Kier alpha value is -3.15. The molecule has 0 bridgehead atoms. The van der Waals surface area contributed by atoms with E-state index in [0.29, 0.717) is 6.54 Å². The van der Waals surface area contributed by atoms with Crippen molar-refractivity contribution in [1.29, 1.82) is 0 Å². The van der Waals surface area contributed by atoms with Crippen LogP contribution in [0.5, 0.6) is 0 Å². The van der Waals surface area contributed by atoms with Crippen LogP contribution in [0, 0.1) is 11.6 Å². The Labute approximate surface area is 175 Å². The molecule has 0 atom stereocenters. The molecule has 6 heteroatoms. The number of unbranched alkanes of at least 4 members (excludes halogenated alkanes) is 3. The molecule has 0 spiro atoms. The van der Waals surface area contributed by atoms with E-state index >= 15 is 0 Å². The predicted octanol–water partition coefficient (Wildman–Crippen LogP) is 6.32. The highest BCUT2D eigenvalue weighted by Crippen LogP contribution is 2.25. The van der Waals surface area contributed by atoms with Gasteiger partial charge in [-0.3, -0.25) is 0 Å². The third-order valence-corrected chi connectivity index (χ3v) is 5.08. The Morgan fingerprint density at radius 2 is 1.77 bits per heavy atom. The molecular formula is C24H26F2N2O2. The van der Waals surface area contributed by atoms with Crippen LogP contribution in [-0.2, 0) is 13.1 Å². The molecule has 158 valence electrons. The number of nitrogens with one attached hydrogen (secondary N) is 1. The molecule has 30 heavy (non-hydrogen) atoms. The van der Waals surface area contributed by atoms with Crippen molar-refractivity contribution in [3.05, 3.63) is 77.6 Å². The summed E-state index contributed by atoms with van der Waals surface area (Å²) in [6.07, 6.45) is 6.18. The quantitative estimate of drug-likeness (QED) is 0.383. The smallest absolute Gasteiger partial charge is 0.352 e. The fourth-order valence-corrected chi connectivity index (χ4v) is 3.40. The molecular weight excluding hydrogens is 386 g/mol. The van der Waals surface area contributed by atoms with Gasteiger partial charge in [0.25, 0.3) is 0 Å². The minimum atomic E-state index is -0.938. The molecule has 0 aliphatic heterocycles. The second kappa shape index (κ2) is 10.1. The minimum Gasteiger partial charge on any atom is -0.477 e. The summed E-state index contributed by atoms with van der Waals surface area (Å²) in [6.45, 7) is 2.99. The number of carbonyl (C=O) groups is 1. The Morgan fingerprint density at radius 1 is 1.00 bits per heavy atom. The van der Waals surface area contributed by atoms with E-state index in [2.05, 4.69) is 12.2 Å². The Balaban J connectivity index is 1.69. The van der Waals surface area contributed by atoms with Crippen LogP contribution in [0.4, 0.5) is 14.5 Å². The van der Waals surface area contributed by atoms with Crippen LogP contribution in [0.15, 0.2) is 54.7 Å². The van der Waals surface area contributed by atoms with Gasteiger partial charge < -0.3 is 15.0 Å². The topological polar surface area (TPSA) is 54.3 Å². The van der Waals surface area contributed by atoms with E-state index in [9.17, 15) is 18.7 Å². The molecule has 0 unspecified atom stereocenters. The minimum absolute atomic E-state index is 0.167. The summed E-state index contributed by atoms with van der Waals surface area (Å²) in [7, 11) is 0. The number of benzene rings is 2. The highest BCUT2D eigenvalue weighted by atomic mass is 19.1.